The van der Waals surface area contributed by atoms with Gasteiger partial charge in [-0.05, 0) is 74.1 Å². The zero-order valence-electron chi connectivity index (χ0n) is 24.6. The predicted molar refractivity (Wildman–Crippen MR) is 161 cm³/mol. The molecule has 0 aliphatic carbocycles. The number of aliphatic hydroxyl groups excluding tert-OH is 1. The largest absolute Gasteiger partial charge is 0.497 e. The summed E-state index contributed by atoms with van der Waals surface area (Å²) in [6.07, 6.45) is -0.282. The van der Waals surface area contributed by atoms with Crippen LogP contribution in [0.25, 0.3) is 0 Å². The number of benzene rings is 3. The van der Waals surface area contributed by atoms with Crippen LogP contribution in [0.15, 0.2) is 71.6 Å². The molecule has 1 amide bonds. The summed E-state index contributed by atoms with van der Waals surface area (Å²) in [6, 6.07) is 18.2. The lowest BCUT2D eigenvalue weighted by Gasteiger charge is -2.38. The summed E-state index contributed by atoms with van der Waals surface area (Å²) in [5.41, 5.74) is 1.57. The maximum atomic E-state index is 13.7. The Morgan fingerprint density at radius 1 is 1.05 bits per heavy atom. The van der Waals surface area contributed by atoms with E-state index < -0.39 is 16.1 Å². The second-order valence-corrected chi connectivity index (χ2v) is 12.3. The fourth-order valence-corrected chi connectivity index (χ4v) is 5.94. The smallest absolute Gasteiger partial charge is 0.261 e. The molecule has 1 aliphatic rings. The minimum atomic E-state index is -3.93. The van der Waals surface area contributed by atoms with Gasteiger partial charge in [-0.1, -0.05) is 19.1 Å². The molecular formula is C31H39N3O7S. The summed E-state index contributed by atoms with van der Waals surface area (Å²) in [6.45, 7) is 5.23. The minimum absolute atomic E-state index is 0.0531. The number of aliphatic hydroxyl groups is 1. The molecule has 0 radical (unpaired) electrons. The summed E-state index contributed by atoms with van der Waals surface area (Å²) in [5.74, 6) is 1.30. The molecule has 0 fully saturated rings. The number of carbonyl (C=O) groups excluding carboxylic acids is 1. The van der Waals surface area contributed by atoms with Crippen LogP contribution in [0, 0.1) is 5.92 Å². The quantitative estimate of drug-likeness (QED) is 0.342. The number of rotatable bonds is 11. The summed E-state index contributed by atoms with van der Waals surface area (Å²) in [7, 11) is 1.22. The molecule has 4 rings (SSSR count). The Labute approximate surface area is 247 Å². The topological polar surface area (TPSA) is 118 Å². The van der Waals surface area contributed by atoms with Crippen LogP contribution in [-0.2, 0) is 16.6 Å². The second-order valence-electron chi connectivity index (χ2n) is 10.7. The highest BCUT2D eigenvalue weighted by atomic mass is 32.2. The third-order valence-corrected chi connectivity index (χ3v) is 8.79. The van der Waals surface area contributed by atoms with E-state index in [0.717, 1.165) is 11.3 Å². The maximum absolute atomic E-state index is 13.7. The van der Waals surface area contributed by atoms with Crippen LogP contribution in [0.5, 0.6) is 17.2 Å². The van der Waals surface area contributed by atoms with Crippen molar-refractivity contribution in [1.29, 1.82) is 0 Å². The van der Waals surface area contributed by atoms with Crippen LogP contribution in [0.3, 0.4) is 0 Å². The SMILES string of the molecule is COc1ccc(CN(C)C[C@@H]2Oc3ccc(NS(=O)(=O)c4ccc(OC)cc4)cc3C(=O)N([C@@H](C)CO)C[C@H]2C)cc1. The highest BCUT2D eigenvalue weighted by Gasteiger charge is 2.33. The van der Waals surface area contributed by atoms with Gasteiger partial charge in [-0.2, -0.15) is 0 Å². The molecule has 0 bridgehead atoms. The number of likely N-dealkylation sites (N-methyl/N-ethyl adjacent to an activating group) is 1. The molecule has 3 aromatic carbocycles. The van der Waals surface area contributed by atoms with E-state index in [9.17, 15) is 18.3 Å². The van der Waals surface area contributed by atoms with Crippen molar-refractivity contribution in [2.45, 2.75) is 37.4 Å². The maximum Gasteiger partial charge on any atom is 0.261 e. The van der Waals surface area contributed by atoms with Gasteiger partial charge in [0.1, 0.15) is 23.4 Å². The zero-order chi connectivity index (χ0) is 30.4. The third-order valence-electron chi connectivity index (χ3n) is 7.39. The Balaban J connectivity index is 1.60. The molecule has 0 saturated heterocycles. The van der Waals surface area contributed by atoms with Gasteiger partial charge in [0.2, 0.25) is 0 Å². The van der Waals surface area contributed by atoms with Crippen molar-refractivity contribution in [3.63, 3.8) is 0 Å². The van der Waals surface area contributed by atoms with Gasteiger partial charge in [-0.15, -0.1) is 0 Å². The Hall–Kier alpha value is -3.80. The van der Waals surface area contributed by atoms with Gasteiger partial charge >= 0.3 is 0 Å². The molecule has 11 heteroatoms. The number of carbonyl (C=O) groups is 1. The summed E-state index contributed by atoms with van der Waals surface area (Å²) >= 11 is 0. The van der Waals surface area contributed by atoms with E-state index in [0.29, 0.717) is 31.1 Å². The molecule has 226 valence electrons. The lowest BCUT2D eigenvalue weighted by molar-refractivity contribution is 0.0341. The number of nitrogens with zero attached hydrogens (tertiary/aromatic N) is 2. The van der Waals surface area contributed by atoms with E-state index in [1.807, 2.05) is 38.2 Å². The molecule has 42 heavy (non-hydrogen) atoms. The standard InChI is InChI=1S/C31H39N3O7S/c1-21-17-34(22(2)20-35)31(36)28-16-24(32-42(37,38)27-13-11-26(40-5)12-14-27)8-15-29(28)41-30(21)19-33(3)18-23-6-9-25(39-4)10-7-23/h6-16,21-22,30,32,35H,17-20H2,1-5H3/t21-,22+,30+/m1/s1. The molecule has 1 aliphatic heterocycles. The normalized spacial score (nSPS) is 18.0. The van der Waals surface area contributed by atoms with Gasteiger partial charge in [0.05, 0.1) is 37.3 Å². The van der Waals surface area contributed by atoms with Crippen molar-refractivity contribution in [2.75, 3.05) is 45.7 Å². The van der Waals surface area contributed by atoms with E-state index in [4.69, 9.17) is 14.2 Å². The number of amides is 1. The highest BCUT2D eigenvalue weighted by Crippen LogP contribution is 2.32. The van der Waals surface area contributed by atoms with E-state index in [1.54, 1.807) is 43.2 Å². The molecule has 0 aromatic heterocycles. The minimum Gasteiger partial charge on any atom is -0.497 e. The number of ether oxygens (including phenoxy) is 3. The molecule has 3 aromatic rings. The van der Waals surface area contributed by atoms with E-state index >= 15 is 0 Å². The molecule has 10 nitrogen and oxygen atoms in total. The van der Waals surface area contributed by atoms with Crippen molar-refractivity contribution < 1.29 is 32.5 Å². The van der Waals surface area contributed by atoms with Gasteiger partial charge < -0.3 is 24.2 Å². The molecule has 3 atom stereocenters. The molecule has 0 spiro atoms. The van der Waals surface area contributed by atoms with Crippen molar-refractivity contribution in [3.05, 3.63) is 77.9 Å². The Morgan fingerprint density at radius 2 is 1.67 bits per heavy atom. The Kier molecular flexibility index (Phi) is 9.97. The van der Waals surface area contributed by atoms with Crippen LogP contribution in [0.2, 0.25) is 0 Å². The van der Waals surface area contributed by atoms with Gasteiger partial charge in [-0.3, -0.25) is 14.4 Å². The lowest BCUT2D eigenvalue weighted by atomic mass is 9.99. The highest BCUT2D eigenvalue weighted by molar-refractivity contribution is 7.92. The van der Waals surface area contributed by atoms with Gasteiger partial charge in [0, 0.05) is 31.2 Å². The molecule has 0 saturated carbocycles. The number of anilines is 1. The second kappa shape index (κ2) is 13.5. The van der Waals surface area contributed by atoms with Crippen LogP contribution >= 0.6 is 0 Å². The number of methoxy groups -OCH3 is 2. The van der Waals surface area contributed by atoms with Crippen LogP contribution in [-0.4, -0.2) is 82.3 Å². The van der Waals surface area contributed by atoms with Crippen molar-refractivity contribution in [2.24, 2.45) is 5.92 Å². The Morgan fingerprint density at radius 3 is 2.26 bits per heavy atom. The van der Waals surface area contributed by atoms with E-state index in [2.05, 4.69) is 9.62 Å². The summed E-state index contributed by atoms with van der Waals surface area (Å²) in [4.78, 5) is 17.6. The lowest BCUT2D eigenvalue weighted by Crippen LogP contribution is -2.49. The van der Waals surface area contributed by atoms with Crippen molar-refractivity contribution >= 4 is 21.6 Å². The van der Waals surface area contributed by atoms with Gasteiger partial charge in [0.25, 0.3) is 15.9 Å². The first kappa shape index (κ1) is 31.1. The summed E-state index contributed by atoms with van der Waals surface area (Å²) < 4.78 is 45.5. The first-order chi connectivity index (χ1) is 20.0. The van der Waals surface area contributed by atoms with E-state index in [1.165, 1.54) is 25.3 Å². The predicted octanol–water partition coefficient (Wildman–Crippen LogP) is 3.86. The van der Waals surface area contributed by atoms with Gasteiger partial charge in [0.15, 0.2) is 0 Å². The first-order valence-corrected chi connectivity index (χ1v) is 15.2. The average molecular weight is 598 g/mol. The third kappa shape index (κ3) is 7.33. The van der Waals surface area contributed by atoms with Crippen molar-refractivity contribution in [1.82, 2.24) is 9.80 Å². The van der Waals surface area contributed by atoms with Crippen LogP contribution in [0.1, 0.15) is 29.8 Å². The van der Waals surface area contributed by atoms with Gasteiger partial charge in [-0.25, -0.2) is 8.42 Å². The Bertz CT molecular complexity index is 1460. The summed E-state index contributed by atoms with van der Waals surface area (Å²) in [5, 5.41) is 9.94. The molecule has 2 N–H and O–H groups in total. The monoisotopic (exact) mass is 597 g/mol. The number of nitrogens with one attached hydrogen (secondary N) is 1. The fourth-order valence-electron chi connectivity index (χ4n) is 4.89. The van der Waals surface area contributed by atoms with Crippen molar-refractivity contribution in [3.8, 4) is 17.2 Å². The van der Waals surface area contributed by atoms with E-state index in [-0.39, 0.29) is 40.7 Å². The van der Waals surface area contributed by atoms with Crippen LogP contribution < -0.4 is 18.9 Å². The number of sulfonamides is 1. The molecule has 1 heterocycles. The molecule has 0 unspecified atom stereocenters. The molecular weight excluding hydrogens is 558 g/mol. The number of hydrogen-bond donors (Lipinski definition) is 2. The number of fused-ring (bicyclic) bond motifs is 1. The fraction of sp³-hybridized carbons (Fsp3) is 0.387. The zero-order valence-corrected chi connectivity index (χ0v) is 25.4. The number of hydrogen-bond acceptors (Lipinski definition) is 8. The van der Waals surface area contributed by atoms with Crippen LogP contribution in [0.4, 0.5) is 5.69 Å². The average Bonchev–Trinajstić information content (AvgIpc) is 2.99. The first-order valence-electron chi connectivity index (χ1n) is 13.8.